The van der Waals surface area contributed by atoms with E-state index >= 15 is 0 Å². The van der Waals surface area contributed by atoms with Crippen molar-refractivity contribution >= 4 is 46.4 Å². The molecule has 4 aromatic carbocycles. The number of imide groups is 1. The van der Waals surface area contributed by atoms with E-state index in [1.54, 1.807) is 61.5 Å². The molecule has 0 aliphatic carbocycles. The number of ether oxygens (including phenoxy) is 3. The van der Waals surface area contributed by atoms with Crippen LogP contribution in [0.3, 0.4) is 0 Å². The van der Waals surface area contributed by atoms with E-state index in [1.807, 2.05) is 30.3 Å². The molecule has 3 amide bonds. The molecule has 1 heterocycles. The van der Waals surface area contributed by atoms with Gasteiger partial charge in [-0.3, -0.25) is 14.4 Å². The number of nitrogens with zero attached hydrogens (tertiary/aromatic N) is 1. The molecule has 1 aliphatic rings. The highest BCUT2D eigenvalue weighted by Crippen LogP contribution is 2.38. The van der Waals surface area contributed by atoms with Gasteiger partial charge < -0.3 is 24.8 Å². The first-order valence-corrected chi connectivity index (χ1v) is 13.2. The van der Waals surface area contributed by atoms with Crippen molar-refractivity contribution in [1.29, 1.82) is 0 Å². The summed E-state index contributed by atoms with van der Waals surface area (Å²) in [6.07, 6.45) is 0. The first-order valence-electron chi connectivity index (χ1n) is 12.8. The number of carbonyl (C=O) groups excluding carboxylic acids is 3. The molecule has 0 radical (unpaired) electrons. The number of amides is 3. The van der Waals surface area contributed by atoms with Gasteiger partial charge in [-0.1, -0.05) is 35.9 Å². The molecular formula is C32H26ClN3O6. The van der Waals surface area contributed by atoms with Crippen molar-refractivity contribution < 1.29 is 28.6 Å². The molecule has 0 bridgehead atoms. The summed E-state index contributed by atoms with van der Waals surface area (Å²) in [5, 5.41) is 5.53. The third kappa shape index (κ3) is 5.77. The van der Waals surface area contributed by atoms with E-state index in [0.717, 1.165) is 10.5 Å². The zero-order valence-electron chi connectivity index (χ0n) is 22.9. The molecule has 2 N–H and O–H groups in total. The van der Waals surface area contributed by atoms with Crippen molar-refractivity contribution in [3.05, 3.63) is 113 Å². The van der Waals surface area contributed by atoms with Gasteiger partial charge in [0.2, 0.25) is 0 Å². The van der Waals surface area contributed by atoms with Crippen molar-refractivity contribution in [2.75, 3.05) is 29.8 Å². The lowest BCUT2D eigenvalue weighted by Gasteiger charge is -2.19. The lowest BCUT2D eigenvalue weighted by atomic mass is 10.1. The average Bonchev–Trinajstić information content (AvgIpc) is 3.21. The Bertz CT molecular complexity index is 1700. The number of para-hydroxylation sites is 1. The average molecular weight is 584 g/mol. The van der Waals surface area contributed by atoms with Gasteiger partial charge in [0.05, 0.1) is 19.9 Å². The highest BCUT2D eigenvalue weighted by molar-refractivity contribution is 6.53. The van der Waals surface area contributed by atoms with Gasteiger partial charge in [-0.25, -0.2) is 4.90 Å². The Balaban J connectivity index is 1.31. The highest BCUT2D eigenvalue weighted by Gasteiger charge is 2.40. The molecule has 212 valence electrons. The van der Waals surface area contributed by atoms with Gasteiger partial charge in [0.15, 0.2) is 0 Å². The fraction of sp³-hybridized carbons (Fsp3) is 0.0938. The molecule has 0 aromatic heterocycles. The Labute approximate surface area is 247 Å². The van der Waals surface area contributed by atoms with Gasteiger partial charge in [-0.05, 0) is 73.2 Å². The van der Waals surface area contributed by atoms with Crippen LogP contribution in [0.2, 0.25) is 0 Å². The molecular weight excluding hydrogens is 558 g/mol. The van der Waals surface area contributed by atoms with Gasteiger partial charge >= 0.3 is 0 Å². The Hall–Kier alpha value is -5.28. The SMILES string of the molecule is COc1ccc(N2C(=O)C(Cl)=C(Nc3cc(C(=O)Nc4ccc(Oc5ccccc5)cc4)ccc3C)C2=O)c(OC)c1. The first-order chi connectivity index (χ1) is 20.3. The maximum absolute atomic E-state index is 13.4. The second kappa shape index (κ2) is 12.1. The molecule has 0 spiro atoms. The molecule has 1 aliphatic heterocycles. The van der Waals surface area contributed by atoms with Crippen LogP contribution in [0, 0.1) is 6.92 Å². The maximum Gasteiger partial charge on any atom is 0.283 e. The van der Waals surface area contributed by atoms with E-state index in [4.69, 9.17) is 25.8 Å². The summed E-state index contributed by atoms with van der Waals surface area (Å²) >= 11 is 6.35. The van der Waals surface area contributed by atoms with Gasteiger partial charge in [0, 0.05) is 23.0 Å². The van der Waals surface area contributed by atoms with Crippen LogP contribution in [0.1, 0.15) is 15.9 Å². The monoisotopic (exact) mass is 583 g/mol. The highest BCUT2D eigenvalue weighted by atomic mass is 35.5. The van der Waals surface area contributed by atoms with Crippen molar-refractivity contribution in [2.24, 2.45) is 0 Å². The predicted molar refractivity (Wildman–Crippen MR) is 161 cm³/mol. The van der Waals surface area contributed by atoms with E-state index in [0.29, 0.717) is 34.2 Å². The number of nitrogens with one attached hydrogen (secondary N) is 2. The van der Waals surface area contributed by atoms with Crippen LogP contribution in [0.5, 0.6) is 23.0 Å². The number of methoxy groups -OCH3 is 2. The van der Waals surface area contributed by atoms with Crippen LogP contribution >= 0.6 is 11.6 Å². The van der Waals surface area contributed by atoms with Gasteiger partial charge in [-0.15, -0.1) is 0 Å². The largest absolute Gasteiger partial charge is 0.497 e. The minimum absolute atomic E-state index is 0.116. The van der Waals surface area contributed by atoms with Crippen LogP contribution in [0.25, 0.3) is 0 Å². The summed E-state index contributed by atoms with van der Waals surface area (Å²) in [6.45, 7) is 1.80. The van der Waals surface area contributed by atoms with E-state index in [2.05, 4.69) is 10.6 Å². The molecule has 10 heteroatoms. The quantitative estimate of drug-likeness (QED) is 0.217. The zero-order chi connectivity index (χ0) is 29.8. The molecule has 0 fully saturated rings. The number of hydrogen-bond acceptors (Lipinski definition) is 7. The third-order valence-electron chi connectivity index (χ3n) is 6.51. The minimum atomic E-state index is -0.709. The summed E-state index contributed by atoms with van der Waals surface area (Å²) < 4.78 is 16.4. The molecule has 9 nitrogen and oxygen atoms in total. The van der Waals surface area contributed by atoms with E-state index in [9.17, 15) is 14.4 Å². The summed E-state index contributed by atoms with van der Waals surface area (Å²) in [7, 11) is 2.92. The standard InChI is InChI=1S/C32H26ClN3O6/c1-19-9-10-20(30(37)34-21-11-13-23(14-12-21)42-22-7-5-4-6-8-22)17-25(19)35-29-28(33)31(38)36(32(29)39)26-16-15-24(40-2)18-27(26)41-3/h4-18,35H,1-3H3,(H,34,37). The van der Waals surface area contributed by atoms with Crippen molar-refractivity contribution in [3.63, 3.8) is 0 Å². The normalized spacial score (nSPS) is 12.8. The van der Waals surface area contributed by atoms with Crippen LogP contribution in [-0.4, -0.2) is 31.9 Å². The maximum atomic E-state index is 13.4. The Kier molecular flexibility index (Phi) is 8.12. The Morgan fingerprint density at radius 3 is 2.17 bits per heavy atom. The molecule has 0 saturated heterocycles. The second-order valence-corrected chi connectivity index (χ2v) is 9.60. The molecule has 42 heavy (non-hydrogen) atoms. The molecule has 4 aromatic rings. The molecule has 0 saturated carbocycles. The lowest BCUT2D eigenvalue weighted by Crippen LogP contribution is -2.32. The number of aryl methyl sites for hydroxylation is 1. The number of anilines is 3. The summed E-state index contributed by atoms with van der Waals surface area (Å²) in [5.41, 5.74) is 2.16. The first kappa shape index (κ1) is 28.3. The minimum Gasteiger partial charge on any atom is -0.497 e. The third-order valence-corrected chi connectivity index (χ3v) is 6.86. The summed E-state index contributed by atoms with van der Waals surface area (Å²) in [5.74, 6) is 0.347. The molecule has 0 atom stereocenters. The van der Waals surface area contributed by atoms with E-state index in [-0.39, 0.29) is 28.1 Å². The number of carbonyl (C=O) groups is 3. The summed E-state index contributed by atoms with van der Waals surface area (Å²) in [6, 6.07) is 26.0. The Morgan fingerprint density at radius 2 is 1.48 bits per heavy atom. The fourth-order valence-electron chi connectivity index (χ4n) is 4.27. The summed E-state index contributed by atoms with van der Waals surface area (Å²) in [4.78, 5) is 40.4. The molecule has 5 rings (SSSR count). The number of halogens is 1. The molecule has 0 unspecified atom stereocenters. The number of hydrogen-bond donors (Lipinski definition) is 2. The second-order valence-electron chi connectivity index (χ2n) is 9.22. The van der Waals surface area contributed by atoms with E-state index < -0.39 is 11.8 Å². The topological polar surface area (TPSA) is 106 Å². The van der Waals surface area contributed by atoms with Crippen molar-refractivity contribution in [2.45, 2.75) is 6.92 Å². The van der Waals surface area contributed by atoms with Gasteiger partial charge in [0.1, 0.15) is 33.7 Å². The van der Waals surface area contributed by atoms with Crippen LogP contribution in [0.4, 0.5) is 17.1 Å². The smallest absolute Gasteiger partial charge is 0.283 e. The number of rotatable bonds is 9. The van der Waals surface area contributed by atoms with Crippen molar-refractivity contribution in [3.8, 4) is 23.0 Å². The number of benzene rings is 4. The fourth-order valence-corrected chi connectivity index (χ4v) is 4.48. The van der Waals surface area contributed by atoms with Gasteiger partial charge in [-0.2, -0.15) is 0 Å². The predicted octanol–water partition coefficient (Wildman–Crippen LogP) is 6.49. The van der Waals surface area contributed by atoms with E-state index in [1.165, 1.54) is 20.3 Å². The zero-order valence-corrected chi connectivity index (χ0v) is 23.7. The van der Waals surface area contributed by atoms with Crippen LogP contribution < -0.4 is 29.7 Å². The Morgan fingerprint density at radius 1 is 0.786 bits per heavy atom. The van der Waals surface area contributed by atoms with Crippen LogP contribution in [0.15, 0.2) is 102 Å². The lowest BCUT2D eigenvalue weighted by molar-refractivity contribution is -0.120. The van der Waals surface area contributed by atoms with Crippen LogP contribution in [-0.2, 0) is 9.59 Å². The van der Waals surface area contributed by atoms with Gasteiger partial charge in [0.25, 0.3) is 17.7 Å². The van der Waals surface area contributed by atoms with Crippen molar-refractivity contribution in [1.82, 2.24) is 0 Å².